The van der Waals surface area contributed by atoms with Gasteiger partial charge in [0.05, 0.1) is 0 Å². The number of hydrogen-bond donors (Lipinski definition) is 1. The Morgan fingerprint density at radius 3 is 1.95 bits per heavy atom. The zero-order valence-electron chi connectivity index (χ0n) is 9.09. The van der Waals surface area contributed by atoms with Crippen LogP contribution in [-0.4, -0.2) is 36.0 Å². The van der Waals surface area contributed by atoms with Crippen LogP contribution in [0.1, 0.15) is 10.4 Å². The monoisotopic (exact) mass is 296 g/mol. The smallest absolute Gasteiger partial charge is 0.292 e. The second-order valence-corrected chi connectivity index (χ2v) is 4.99. The minimum Gasteiger partial charge on any atom is -0.292 e. The summed E-state index contributed by atoms with van der Waals surface area (Å²) in [4.78, 5) is 22.6. The van der Waals surface area contributed by atoms with Crippen molar-refractivity contribution in [3.05, 3.63) is 35.9 Å². The summed E-state index contributed by atoms with van der Waals surface area (Å²) in [7, 11) is -5.51. The molecule has 1 atom stereocenters. The van der Waals surface area contributed by atoms with Gasteiger partial charge in [0.1, 0.15) is 0 Å². The first kappa shape index (κ1) is 15.3. The normalized spacial score (nSPS) is 13.9. The molecular weight excluding hydrogens is 289 g/mol. The molecule has 0 radical (unpaired) electrons. The van der Waals surface area contributed by atoms with Gasteiger partial charge in [0.2, 0.25) is 5.25 Å². The van der Waals surface area contributed by atoms with Crippen LogP contribution in [0.25, 0.3) is 0 Å². The standard InChI is InChI=1S/C10H7F3O5S/c11-10(12,13)9(15)8(19(16,17)18)7(14)6-4-2-1-3-5-6/h1-5,8H,(H,16,17,18). The number of halogens is 3. The number of carbonyl (C=O) groups is 2. The number of Topliss-reactive ketones (excluding diaryl/α,β-unsaturated/α-hetero) is 2. The fourth-order valence-electron chi connectivity index (χ4n) is 1.29. The molecule has 1 unspecified atom stereocenters. The Bertz CT molecular complexity index is 591. The lowest BCUT2D eigenvalue weighted by molar-refractivity contribution is -0.169. The molecule has 1 aromatic carbocycles. The van der Waals surface area contributed by atoms with E-state index < -0.39 is 38.7 Å². The van der Waals surface area contributed by atoms with Crippen molar-refractivity contribution in [2.24, 2.45) is 0 Å². The van der Waals surface area contributed by atoms with Crippen LogP contribution in [-0.2, 0) is 14.9 Å². The lowest BCUT2D eigenvalue weighted by atomic mass is 10.1. The second kappa shape index (κ2) is 5.10. The average molecular weight is 296 g/mol. The summed E-state index contributed by atoms with van der Waals surface area (Å²) in [5.41, 5.74) is -0.428. The largest absolute Gasteiger partial charge is 0.451 e. The van der Waals surface area contributed by atoms with E-state index >= 15 is 0 Å². The Labute approximate surface area is 105 Å². The Morgan fingerprint density at radius 2 is 1.58 bits per heavy atom. The van der Waals surface area contributed by atoms with Gasteiger partial charge in [-0.2, -0.15) is 21.6 Å². The van der Waals surface area contributed by atoms with Crippen LogP contribution in [0.4, 0.5) is 13.2 Å². The number of carbonyl (C=O) groups excluding carboxylic acids is 2. The molecule has 0 aromatic heterocycles. The van der Waals surface area contributed by atoms with Gasteiger partial charge in [-0.05, 0) is 0 Å². The first-order valence-electron chi connectivity index (χ1n) is 4.71. The maximum Gasteiger partial charge on any atom is 0.451 e. The van der Waals surface area contributed by atoms with Gasteiger partial charge in [0, 0.05) is 5.56 Å². The lowest BCUT2D eigenvalue weighted by Gasteiger charge is -2.13. The van der Waals surface area contributed by atoms with E-state index in [1.54, 1.807) is 0 Å². The number of ketones is 2. The summed E-state index contributed by atoms with van der Waals surface area (Å²) >= 11 is 0. The van der Waals surface area contributed by atoms with E-state index in [4.69, 9.17) is 4.55 Å². The zero-order chi connectivity index (χ0) is 14.8. The topological polar surface area (TPSA) is 88.5 Å². The first-order chi connectivity index (χ1) is 8.55. The predicted octanol–water partition coefficient (Wildman–Crippen LogP) is 1.26. The van der Waals surface area contributed by atoms with Crippen molar-refractivity contribution in [1.82, 2.24) is 0 Å². The van der Waals surface area contributed by atoms with Gasteiger partial charge in [-0.15, -0.1) is 0 Å². The highest BCUT2D eigenvalue weighted by Gasteiger charge is 2.52. The Balaban J connectivity index is 3.29. The van der Waals surface area contributed by atoms with Crippen LogP contribution in [0, 0.1) is 0 Å². The molecule has 0 aliphatic rings. The van der Waals surface area contributed by atoms with Crippen LogP contribution in [0.3, 0.4) is 0 Å². The zero-order valence-corrected chi connectivity index (χ0v) is 9.90. The molecule has 5 nitrogen and oxygen atoms in total. The predicted molar refractivity (Wildman–Crippen MR) is 57.2 cm³/mol. The van der Waals surface area contributed by atoms with Crippen molar-refractivity contribution >= 4 is 21.7 Å². The fourth-order valence-corrected chi connectivity index (χ4v) is 2.10. The first-order valence-corrected chi connectivity index (χ1v) is 6.22. The molecule has 19 heavy (non-hydrogen) atoms. The van der Waals surface area contributed by atoms with Crippen molar-refractivity contribution in [2.45, 2.75) is 11.4 Å². The molecule has 0 amide bonds. The quantitative estimate of drug-likeness (QED) is 0.513. The summed E-state index contributed by atoms with van der Waals surface area (Å²) in [6.45, 7) is 0. The van der Waals surface area contributed by atoms with Crippen molar-refractivity contribution in [2.75, 3.05) is 0 Å². The summed E-state index contributed by atoms with van der Waals surface area (Å²) < 4.78 is 67.1. The average Bonchev–Trinajstić information content (AvgIpc) is 2.27. The van der Waals surface area contributed by atoms with Gasteiger partial charge in [-0.25, -0.2) is 0 Å². The van der Waals surface area contributed by atoms with E-state index in [2.05, 4.69) is 0 Å². The maximum absolute atomic E-state index is 12.2. The highest BCUT2D eigenvalue weighted by Crippen LogP contribution is 2.23. The molecule has 0 bridgehead atoms. The van der Waals surface area contributed by atoms with E-state index in [0.717, 1.165) is 12.1 Å². The summed E-state index contributed by atoms with van der Waals surface area (Å²) in [5.74, 6) is -4.46. The molecule has 0 heterocycles. The summed E-state index contributed by atoms with van der Waals surface area (Å²) in [6, 6.07) is 6.04. The van der Waals surface area contributed by atoms with Gasteiger partial charge in [0.15, 0.2) is 5.78 Å². The molecule has 0 aliphatic carbocycles. The third kappa shape index (κ3) is 3.61. The van der Waals surface area contributed by atoms with Gasteiger partial charge < -0.3 is 0 Å². The highest BCUT2D eigenvalue weighted by atomic mass is 32.2. The molecular formula is C10H7F3O5S. The van der Waals surface area contributed by atoms with Crippen LogP contribution < -0.4 is 0 Å². The SMILES string of the molecule is O=C(c1ccccc1)C(C(=O)C(F)(F)F)S(=O)(=O)O. The molecule has 0 saturated carbocycles. The number of rotatable bonds is 4. The fraction of sp³-hybridized carbons (Fsp3) is 0.200. The number of hydrogen-bond acceptors (Lipinski definition) is 4. The lowest BCUT2D eigenvalue weighted by Crippen LogP contribution is -2.44. The molecule has 0 fully saturated rings. The van der Waals surface area contributed by atoms with Crippen molar-refractivity contribution in [3.8, 4) is 0 Å². The van der Waals surface area contributed by atoms with Crippen LogP contribution >= 0.6 is 0 Å². The van der Waals surface area contributed by atoms with E-state index in [0.29, 0.717) is 0 Å². The minimum atomic E-state index is -5.55. The Hall–Kier alpha value is -1.74. The molecule has 104 valence electrons. The third-order valence-corrected chi connectivity index (χ3v) is 3.14. The van der Waals surface area contributed by atoms with E-state index in [-0.39, 0.29) is 0 Å². The molecule has 0 saturated heterocycles. The van der Waals surface area contributed by atoms with E-state index in [9.17, 15) is 31.2 Å². The third-order valence-electron chi connectivity index (χ3n) is 2.11. The van der Waals surface area contributed by atoms with Crippen molar-refractivity contribution in [3.63, 3.8) is 0 Å². The molecule has 9 heteroatoms. The summed E-state index contributed by atoms with van der Waals surface area (Å²) in [5, 5.41) is -3.20. The van der Waals surface area contributed by atoms with E-state index in [1.165, 1.54) is 18.2 Å². The Kier molecular flexibility index (Phi) is 4.11. The van der Waals surface area contributed by atoms with Gasteiger partial charge >= 0.3 is 6.18 Å². The number of benzene rings is 1. The minimum absolute atomic E-state index is 0.428. The molecule has 1 rings (SSSR count). The number of alkyl halides is 3. The van der Waals surface area contributed by atoms with Crippen LogP contribution in [0.15, 0.2) is 30.3 Å². The van der Waals surface area contributed by atoms with Crippen LogP contribution in [0.2, 0.25) is 0 Å². The van der Waals surface area contributed by atoms with Crippen molar-refractivity contribution < 1.29 is 35.7 Å². The van der Waals surface area contributed by atoms with Crippen molar-refractivity contribution in [1.29, 1.82) is 0 Å². The van der Waals surface area contributed by atoms with Gasteiger partial charge in [-0.1, -0.05) is 30.3 Å². The molecule has 1 N–H and O–H groups in total. The molecule has 0 spiro atoms. The van der Waals surface area contributed by atoms with Gasteiger partial charge in [0.25, 0.3) is 15.9 Å². The van der Waals surface area contributed by atoms with Gasteiger partial charge in [-0.3, -0.25) is 14.1 Å². The molecule has 1 aromatic rings. The van der Waals surface area contributed by atoms with Crippen LogP contribution in [0.5, 0.6) is 0 Å². The molecule has 0 aliphatic heterocycles. The Morgan fingerprint density at radius 1 is 1.11 bits per heavy atom. The highest BCUT2D eigenvalue weighted by molar-refractivity contribution is 7.88. The van der Waals surface area contributed by atoms with E-state index in [1.807, 2.05) is 0 Å². The maximum atomic E-state index is 12.2. The second-order valence-electron chi connectivity index (χ2n) is 3.49. The summed E-state index contributed by atoms with van der Waals surface area (Å²) in [6.07, 6.45) is -5.55.